The van der Waals surface area contributed by atoms with Gasteiger partial charge in [-0.25, -0.2) is 4.98 Å². The lowest BCUT2D eigenvalue weighted by atomic mass is 10.1. The van der Waals surface area contributed by atoms with E-state index in [2.05, 4.69) is 17.9 Å². The molecule has 3 rings (SSSR count). The van der Waals surface area contributed by atoms with Crippen molar-refractivity contribution in [3.63, 3.8) is 0 Å². The maximum Gasteiger partial charge on any atom is 0.219 e. The number of hydrogen-bond donors (Lipinski definition) is 0. The number of methoxy groups -OCH3 is 2. The lowest BCUT2D eigenvalue weighted by Gasteiger charge is -2.35. The molecule has 2 aromatic rings. The predicted molar refractivity (Wildman–Crippen MR) is 94.1 cm³/mol. The molecule has 0 spiro atoms. The van der Waals surface area contributed by atoms with E-state index in [1.54, 1.807) is 21.1 Å². The number of pyridine rings is 1. The second kappa shape index (κ2) is 6.55. The third-order valence-corrected chi connectivity index (χ3v) is 4.56. The normalized spacial score (nSPS) is 14.8. The van der Waals surface area contributed by atoms with E-state index in [1.807, 2.05) is 17.0 Å². The number of carbonyl (C=O) groups excluding carboxylic acids is 1. The molecule has 6 nitrogen and oxygen atoms in total. The molecular formula is C18H23N3O3. The average molecular weight is 329 g/mol. The summed E-state index contributed by atoms with van der Waals surface area (Å²) in [5, 5.41) is 0.975. The van der Waals surface area contributed by atoms with Gasteiger partial charge in [0.2, 0.25) is 5.91 Å². The number of fused-ring (bicyclic) bond motifs is 1. The van der Waals surface area contributed by atoms with Crippen molar-refractivity contribution < 1.29 is 14.3 Å². The van der Waals surface area contributed by atoms with Gasteiger partial charge in [0.1, 0.15) is 22.8 Å². The molecule has 0 radical (unpaired) electrons. The number of ether oxygens (including phenoxy) is 2. The zero-order valence-electron chi connectivity index (χ0n) is 14.6. The van der Waals surface area contributed by atoms with Crippen molar-refractivity contribution in [3.8, 4) is 11.5 Å². The molecule has 1 aliphatic rings. The van der Waals surface area contributed by atoms with E-state index in [4.69, 9.17) is 14.5 Å². The minimum absolute atomic E-state index is 0.128. The first-order chi connectivity index (χ1) is 11.5. The molecule has 1 saturated heterocycles. The van der Waals surface area contributed by atoms with E-state index in [9.17, 15) is 4.79 Å². The summed E-state index contributed by atoms with van der Waals surface area (Å²) in [5.74, 6) is 2.57. The molecule has 6 heteroatoms. The van der Waals surface area contributed by atoms with Gasteiger partial charge in [-0.15, -0.1) is 0 Å². The minimum atomic E-state index is 0.128. The Morgan fingerprint density at radius 1 is 1.08 bits per heavy atom. The van der Waals surface area contributed by atoms with Crippen molar-refractivity contribution >= 4 is 22.6 Å². The van der Waals surface area contributed by atoms with Crippen molar-refractivity contribution in [2.24, 2.45) is 0 Å². The largest absolute Gasteiger partial charge is 0.496 e. The van der Waals surface area contributed by atoms with E-state index >= 15 is 0 Å². The molecule has 128 valence electrons. The van der Waals surface area contributed by atoms with E-state index in [-0.39, 0.29) is 5.91 Å². The first kappa shape index (κ1) is 16.4. The fraction of sp³-hybridized carbons (Fsp3) is 0.444. The summed E-state index contributed by atoms with van der Waals surface area (Å²) in [6.07, 6.45) is 0. The zero-order chi connectivity index (χ0) is 17.3. The van der Waals surface area contributed by atoms with Gasteiger partial charge < -0.3 is 19.3 Å². The minimum Gasteiger partial charge on any atom is -0.496 e. The molecule has 0 bridgehead atoms. The van der Waals surface area contributed by atoms with Crippen LogP contribution in [0.15, 0.2) is 18.2 Å². The van der Waals surface area contributed by atoms with Crippen molar-refractivity contribution in [2.75, 3.05) is 45.3 Å². The van der Waals surface area contributed by atoms with E-state index in [1.165, 1.54) is 0 Å². The molecule has 1 aromatic carbocycles. The second-order valence-electron chi connectivity index (χ2n) is 5.98. The number of nitrogens with zero attached hydrogens (tertiary/aromatic N) is 3. The fourth-order valence-electron chi connectivity index (χ4n) is 3.21. The Bertz CT molecular complexity index is 768. The lowest BCUT2D eigenvalue weighted by Crippen LogP contribution is -2.48. The molecule has 0 N–H and O–H groups in total. The summed E-state index contributed by atoms with van der Waals surface area (Å²) in [6.45, 7) is 6.69. The molecular weight excluding hydrogens is 306 g/mol. The summed E-state index contributed by atoms with van der Waals surface area (Å²) in [6, 6.07) is 5.86. The van der Waals surface area contributed by atoms with Crippen molar-refractivity contribution in [1.29, 1.82) is 0 Å². The number of anilines is 1. The van der Waals surface area contributed by atoms with Crippen LogP contribution in [-0.4, -0.2) is 56.2 Å². The van der Waals surface area contributed by atoms with Crippen molar-refractivity contribution in [1.82, 2.24) is 9.88 Å². The van der Waals surface area contributed by atoms with Crippen LogP contribution < -0.4 is 14.4 Å². The first-order valence-electron chi connectivity index (χ1n) is 8.08. The molecule has 0 aliphatic carbocycles. The molecule has 24 heavy (non-hydrogen) atoms. The van der Waals surface area contributed by atoms with Gasteiger partial charge in [-0.1, -0.05) is 0 Å². The van der Waals surface area contributed by atoms with Gasteiger partial charge in [0.05, 0.1) is 14.2 Å². The fourth-order valence-corrected chi connectivity index (χ4v) is 3.21. The maximum atomic E-state index is 11.5. The highest BCUT2D eigenvalue weighted by molar-refractivity contribution is 5.94. The SMILES string of the molecule is COc1ccc(OC)c2c(C)cc(N3CCN(C(C)=O)CC3)nc12. The Hall–Kier alpha value is -2.50. The van der Waals surface area contributed by atoms with Crippen LogP contribution in [0, 0.1) is 6.92 Å². The number of amides is 1. The zero-order valence-corrected chi connectivity index (χ0v) is 14.6. The first-order valence-corrected chi connectivity index (χ1v) is 8.08. The average Bonchev–Trinajstić information content (AvgIpc) is 2.60. The Kier molecular flexibility index (Phi) is 4.46. The van der Waals surface area contributed by atoms with Crippen molar-refractivity contribution in [3.05, 3.63) is 23.8 Å². The van der Waals surface area contributed by atoms with Crippen LogP contribution in [-0.2, 0) is 4.79 Å². The van der Waals surface area contributed by atoms with Gasteiger partial charge >= 0.3 is 0 Å². The number of rotatable bonds is 3. The van der Waals surface area contributed by atoms with E-state index in [0.29, 0.717) is 0 Å². The highest BCUT2D eigenvalue weighted by Crippen LogP contribution is 2.36. The molecule has 0 atom stereocenters. The van der Waals surface area contributed by atoms with Gasteiger partial charge in [-0.2, -0.15) is 0 Å². The smallest absolute Gasteiger partial charge is 0.219 e. The standard InChI is InChI=1S/C18H23N3O3/c1-12-11-16(21-9-7-20(8-10-21)13(2)22)19-18-15(24-4)6-5-14(23-3)17(12)18/h5-6,11H,7-10H2,1-4H3. The van der Waals surface area contributed by atoms with Gasteiger partial charge in [0.15, 0.2) is 0 Å². The number of benzene rings is 1. The molecule has 2 heterocycles. The summed E-state index contributed by atoms with van der Waals surface area (Å²) < 4.78 is 11.0. The molecule has 0 unspecified atom stereocenters. The Balaban J connectivity index is 2.00. The third kappa shape index (κ3) is 2.84. The second-order valence-corrected chi connectivity index (χ2v) is 5.98. The quantitative estimate of drug-likeness (QED) is 0.864. The molecule has 1 fully saturated rings. The summed E-state index contributed by atoms with van der Waals surface area (Å²) in [7, 11) is 3.31. The number of aromatic nitrogens is 1. The number of piperazine rings is 1. The Morgan fingerprint density at radius 3 is 2.29 bits per heavy atom. The summed E-state index contributed by atoms with van der Waals surface area (Å²) in [4.78, 5) is 20.4. The Labute approximate surface area is 142 Å². The van der Waals surface area contributed by atoms with Crippen LogP contribution in [0.4, 0.5) is 5.82 Å². The van der Waals surface area contributed by atoms with Gasteiger partial charge in [-0.3, -0.25) is 4.79 Å². The van der Waals surface area contributed by atoms with E-state index < -0.39 is 0 Å². The monoisotopic (exact) mass is 329 g/mol. The molecule has 1 aromatic heterocycles. The summed E-state index contributed by atoms with van der Waals surface area (Å²) >= 11 is 0. The third-order valence-electron chi connectivity index (χ3n) is 4.56. The van der Waals surface area contributed by atoms with Crippen molar-refractivity contribution in [2.45, 2.75) is 13.8 Å². The van der Waals surface area contributed by atoms with Crippen LogP contribution in [0.1, 0.15) is 12.5 Å². The molecule has 1 amide bonds. The molecule has 0 saturated carbocycles. The van der Waals surface area contributed by atoms with Crippen LogP contribution in [0.25, 0.3) is 10.9 Å². The molecule has 1 aliphatic heterocycles. The van der Waals surface area contributed by atoms with Crippen LogP contribution in [0.2, 0.25) is 0 Å². The summed E-state index contributed by atoms with van der Waals surface area (Å²) in [5.41, 5.74) is 1.90. The highest BCUT2D eigenvalue weighted by atomic mass is 16.5. The van der Waals surface area contributed by atoms with Gasteiger partial charge in [0, 0.05) is 38.5 Å². The lowest BCUT2D eigenvalue weighted by molar-refractivity contribution is -0.129. The number of carbonyl (C=O) groups is 1. The van der Waals surface area contributed by atoms with Crippen LogP contribution in [0.3, 0.4) is 0 Å². The van der Waals surface area contributed by atoms with Crippen LogP contribution in [0.5, 0.6) is 11.5 Å². The van der Waals surface area contributed by atoms with Crippen LogP contribution >= 0.6 is 0 Å². The number of hydrogen-bond acceptors (Lipinski definition) is 5. The highest BCUT2D eigenvalue weighted by Gasteiger charge is 2.21. The topological polar surface area (TPSA) is 54.9 Å². The van der Waals surface area contributed by atoms with Gasteiger partial charge in [-0.05, 0) is 30.7 Å². The predicted octanol–water partition coefficient (Wildman–Crippen LogP) is 2.23. The number of aryl methyl sites for hydroxylation is 1. The van der Waals surface area contributed by atoms with Gasteiger partial charge in [0.25, 0.3) is 0 Å². The Morgan fingerprint density at radius 2 is 1.71 bits per heavy atom. The van der Waals surface area contributed by atoms with E-state index in [0.717, 1.165) is 60.0 Å². The maximum absolute atomic E-state index is 11.5.